The SMILES string of the molecule is COCc1ccc(-c2nc(N)nnc2-c2cc(Cl)ncc2C)cc1. The number of nitrogens with two attached hydrogens (primary N) is 1. The van der Waals surface area contributed by atoms with Crippen LogP contribution in [-0.4, -0.2) is 27.3 Å². The van der Waals surface area contributed by atoms with Gasteiger partial charge in [-0.05, 0) is 24.1 Å². The molecule has 2 aromatic heterocycles. The van der Waals surface area contributed by atoms with Gasteiger partial charge in [-0.3, -0.25) is 0 Å². The van der Waals surface area contributed by atoms with Gasteiger partial charge in [0.15, 0.2) is 0 Å². The summed E-state index contributed by atoms with van der Waals surface area (Å²) in [6.07, 6.45) is 1.70. The number of ether oxygens (including phenoxy) is 1. The lowest BCUT2D eigenvalue weighted by molar-refractivity contribution is 0.185. The minimum absolute atomic E-state index is 0.118. The fourth-order valence-corrected chi connectivity index (χ4v) is 2.56. The van der Waals surface area contributed by atoms with Gasteiger partial charge in [-0.1, -0.05) is 35.9 Å². The third kappa shape index (κ3) is 3.34. The first-order valence-corrected chi connectivity index (χ1v) is 7.67. The van der Waals surface area contributed by atoms with Crippen LogP contribution in [0.2, 0.25) is 5.15 Å². The van der Waals surface area contributed by atoms with Crippen LogP contribution < -0.4 is 5.73 Å². The lowest BCUT2D eigenvalue weighted by Gasteiger charge is -2.11. The molecule has 0 saturated carbocycles. The predicted molar refractivity (Wildman–Crippen MR) is 93.4 cm³/mol. The average Bonchev–Trinajstić information content (AvgIpc) is 2.58. The van der Waals surface area contributed by atoms with E-state index in [-0.39, 0.29) is 5.95 Å². The molecule has 0 bridgehead atoms. The molecule has 0 radical (unpaired) electrons. The molecule has 3 rings (SSSR count). The van der Waals surface area contributed by atoms with Gasteiger partial charge < -0.3 is 10.5 Å². The van der Waals surface area contributed by atoms with Crippen LogP contribution in [0.15, 0.2) is 36.5 Å². The number of nitrogens with zero attached hydrogens (tertiary/aromatic N) is 4. The van der Waals surface area contributed by atoms with Crippen molar-refractivity contribution in [1.82, 2.24) is 20.2 Å². The fourth-order valence-electron chi connectivity index (χ4n) is 2.40. The molecule has 6 nitrogen and oxygen atoms in total. The maximum atomic E-state index is 6.03. The number of halogens is 1. The molecular formula is C17H16ClN5O. The molecule has 0 saturated heterocycles. The monoisotopic (exact) mass is 341 g/mol. The quantitative estimate of drug-likeness (QED) is 0.733. The summed E-state index contributed by atoms with van der Waals surface area (Å²) in [6.45, 7) is 2.48. The highest BCUT2D eigenvalue weighted by Crippen LogP contribution is 2.31. The molecule has 24 heavy (non-hydrogen) atoms. The zero-order valence-corrected chi connectivity index (χ0v) is 14.1. The number of hydrogen-bond donors (Lipinski definition) is 1. The van der Waals surface area contributed by atoms with Crippen molar-refractivity contribution in [3.63, 3.8) is 0 Å². The van der Waals surface area contributed by atoms with E-state index in [1.54, 1.807) is 19.4 Å². The van der Waals surface area contributed by atoms with E-state index in [9.17, 15) is 0 Å². The second-order valence-corrected chi connectivity index (χ2v) is 5.71. The van der Waals surface area contributed by atoms with Crippen LogP contribution in [0.25, 0.3) is 22.5 Å². The Labute approximate surface area is 144 Å². The summed E-state index contributed by atoms with van der Waals surface area (Å²) in [5, 5.41) is 8.51. The number of aromatic nitrogens is 4. The summed E-state index contributed by atoms with van der Waals surface area (Å²) in [7, 11) is 1.66. The summed E-state index contributed by atoms with van der Waals surface area (Å²) < 4.78 is 5.13. The molecule has 0 unspecified atom stereocenters. The maximum absolute atomic E-state index is 6.03. The van der Waals surface area contributed by atoms with E-state index in [2.05, 4.69) is 20.2 Å². The largest absolute Gasteiger partial charge is 0.380 e. The van der Waals surface area contributed by atoms with Crippen LogP contribution in [-0.2, 0) is 11.3 Å². The zero-order chi connectivity index (χ0) is 17.1. The Morgan fingerprint density at radius 2 is 1.88 bits per heavy atom. The molecule has 0 amide bonds. The fraction of sp³-hybridized carbons (Fsp3) is 0.176. The Kier molecular flexibility index (Phi) is 4.69. The van der Waals surface area contributed by atoms with Crippen molar-refractivity contribution >= 4 is 17.5 Å². The van der Waals surface area contributed by atoms with E-state index < -0.39 is 0 Å². The third-order valence-corrected chi connectivity index (χ3v) is 3.77. The van der Waals surface area contributed by atoms with Gasteiger partial charge >= 0.3 is 0 Å². The molecule has 0 aliphatic heterocycles. The average molecular weight is 342 g/mol. The van der Waals surface area contributed by atoms with Gasteiger partial charge in [-0.15, -0.1) is 10.2 Å². The van der Waals surface area contributed by atoms with Gasteiger partial charge in [-0.25, -0.2) is 9.97 Å². The highest BCUT2D eigenvalue weighted by atomic mass is 35.5. The molecule has 0 aliphatic carbocycles. The second-order valence-electron chi connectivity index (χ2n) is 5.32. The first-order valence-electron chi connectivity index (χ1n) is 7.29. The van der Waals surface area contributed by atoms with Crippen molar-refractivity contribution < 1.29 is 4.74 Å². The van der Waals surface area contributed by atoms with Gasteiger partial charge in [0.1, 0.15) is 16.5 Å². The minimum Gasteiger partial charge on any atom is -0.380 e. The Morgan fingerprint density at radius 3 is 2.58 bits per heavy atom. The number of nitrogen functional groups attached to an aromatic ring is 1. The van der Waals surface area contributed by atoms with Crippen molar-refractivity contribution in [3.05, 3.63) is 52.8 Å². The summed E-state index contributed by atoms with van der Waals surface area (Å²) in [4.78, 5) is 8.45. The Bertz CT molecular complexity index is 867. The zero-order valence-electron chi connectivity index (χ0n) is 13.3. The molecule has 1 aromatic carbocycles. The Morgan fingerprint density at radius 1 is 1.12 bits per heavy atom. The van der Waals surface area contributed by atoms with Gasteiger partial charge in [0, 0.05) is 24.4 Å². The number of anilines is 1. The molecule has 2 N–H and O–H groups in total. The molecule has 3 aromatic rings. The molecule has 0 spiro atoms. The molecule has 0 fully saturated rings. The van der Waals surface area contributed by atoms with E-state index in [4.69, 9.17) is 22.1 Å². The lowest BCUT2D eigenvalue weighted by atomic mass is 10.0. The molecule has 122 valence electrons. The van der Waals surface area contributed by atoms with Crippen molar-refractivity contribution in [3.8, 4) is 22.5 Å². The first-order chi connectivity index (χ1) is 11.6. The van der Waals surface area contributed by atoms with Crippen molar-refractivity contribution in [1.29, 1.82) is 0 Å². The summed E-state index contributed by atoms with van der Waals surface area (Å²) in [6, 6.07) is 9.63. The highest BCUT2D eigenvalue weighted by Gasteiger charge is 2.15. The second kappa shape index (κ2) is 6.90. The lowest BCUT2D eigenvalue weighted by Crippen LogP contribution is -2.03. The van der Waals surface area contributed by atoms with Crippen molar-refractivity contribution in [2.24, 2.45) is 0 Å². The van der Waals surface area contributed by atoms with Crippen molar-refractivity contribution in [2.45, 2.75) is 13.5 Å². The molecule has 2 heterocycles. The van der Waals surface area contributed by atoms with Crippen LogP contribution >= 0.6 is 11.6 Å². The summed E-state index contributed by atoms with van der Waals surface area (Å²) in [5.41, 5.74) is 10.7. The summed E-state index contributed by atoms with van der Waals surface area (Å²) in [5.74, 6) is 0.118. The van der Waals surface area contributed by atoms with Crippen LogP contribution in [0.4, 0.5) is 5.95 Å². The number of pyridine rings is 1. The van der Waals surface area contributed by atoms with Crippen molar-refractivity contribution in [2.75, 3.05) is 12.8 Å². The molecule has 7 heteroatoms. The predicted octanol–water partition coefficient (Wildman–Crippen LogP) is 3.29. The number of methoxy groups -OCH3 is 1. The maximum Gasteiger partial charge on any atom is 0.240 e. The normalized spacial score (nSPS) is 10.8. The standard InChI is InChI=1S/C17H16ClN5O/c1-10-8-20-14(18)7-13(10)16-15(21-17(19)23-22-16)12-5-3-11(4-6-12)9-24-2/h3-8H,9H2,1-2H3,(H2,19,21,23). The third-order valence-electron chi connectivity index (χ3n) is 3.57. The smallest absolute Gasteiger partial charge is 0.240 e. The number of aryl methyl sites for hydroxylation is 1. The topological polar surface area (TPSA) is 86.8 Å². The van der Waals surface area contributed by atoms with E-state index >= 15 is 0 Å². The first kappa shape index (κ1) is 16.3. The van der Waals surface area contributed by atoms with Crippen LogP contribution in [0.3, 0.4) is 0 Å². The highest BCUT2D eigenvalue weighted by molar-refractivity contribution is 6.29. The Hall–Kier alpha value is -2.57. The Balaban J connectivity index is 2.14. The van der Waals surface area contributed by atoms with Gasteiger partial charge in [0.25, 0.3) is 0 Å². The van der Waals surface area contributed by atoms with Crippen LogP contribution in [0.5, 0.6) is 0 Å². The number of benzene rings is 1. The van der Waals surface area contributed by atoms with E-state index in [0.717, 1.165) is 22.3 Å². The summed E-state index contributed by atoms with van der Waals surface area (Å²) >= 11 is 6.03. The molecule has 0 atom stereocenters. The molecular weight excluding hydrogens is 326 g/mol. The van der Waals surface area contributed by atoms with E-state index in [1.807, 2.05) is 31.2 Å². The van der Waals surface area contributed by atoms with E-state index in [0.29, 0.717) is 23.1 Å². The van der Waals surface area contributed by atoms with Gasteiger partial charge in [-0.2, -0.15) is 0 Å². The van der Waals surface area contributed by atoms with Gasteiger partial charge in [0.05, 0.1) is 6.61 Å². The minimum atomic E-state index is 0.118. The molecule has 0 aliphatic rings. The van der Waals surface area contributed by atoms with Crippen LogP contribution in [0, 0.1) is 6.92 Å². The van der Waals surface area contributed by atoms with E-state index in [1.165, 1.54) is 0 Å². The van der Waals surface area contributed by atoms with Crippen LogP contribution in [0.1, 0.15) is 11.1 Å². The number of hydrogen-bond acceptors (Lipinski definition) is 6. The van der Waals surface area contributed by atoms with Gasteiger partial charge in [0.2, 0.25) is 5.95 Å². The number of rotatable bonds is 4.